The van der Waals surface area contributed by atoms with E-state index < -0.39 is 10.0 Å². The molecule has 0 aromatic carbocycles. The molecule has 1 saturated carbocycles. The monoisotopic (exact) mass is 261 g/mol. The van der Waals surface area contributed by atoms with Crippen LogP contribution in [0.5, 0.6) is 0 Å². The minimum absolute atomic E-state index is 0.197. The van der Waals surface area contributed by atoms with Gasteiger partial charge in [-0.2, -0.15) is 0 Å². The molecule has 0 aromatic heterocycles. The first-order valence-corrected chi connectivity index (χ1v) is 7.77. The summed E-state index contributed by atoms with van der Waals surface area (Å²) in [6, 6.07) is 0. The van der Waals surface area contributed by atoms with E-state index in [1.807, 2.05) is 6.92 Å². The SMILES string of the molecule is C=C(C)COCCNS(=O)(=O)C1CCCCC1. The van der Waals surface area contributed by atoms with Crippen LogP contribution in [-0.2, 0) is 14.8 Å². The standard InChI is InChI=1S/C12H23NO3S/c1-11(2)10-16-9-8-13-17(14,15)12-6-4-3-5-7-12/h12-13H,1,3-10H2,2H3. The van der Waals surface area contributed by atoms with E-state index in [9.17, 15) is 8.42 Å². The molecule has 0 aliphatic heterocycles. The molecule has 0 unspecified atom stereocenters. The van der Waals surface area contributed by atoms with Crippen molar-refractivity contribution in [2.45, 2.75) is 44.3 Å². The molecule has 0 atom stereocenters. The van der Waals surface area contributed by atoms with Crippen molar-refractivity contribution in [1.29, 1.82) is 0 Å². The first kappa shape index (κ1) is 14.7. The highest BCUT2D eigenvalue weighted by Crippen LogP contribution is 2.22. The smallest absolute Gasteiger partial charge is 0.214 e. The van der Waals surface area contributed by atoms with Gasteiger partial charge in [0.15, 0.2) is 0 Å². The average molecular weight is 261 g/mol. The molecule has 1 fully saturated rings. The molecule has 1 aliphatic carbocycles. The molecule has 1 aliphatic rings. The molecule has 0 spiro atoms. The van der Waals surface area contributed by atoms with E-state index in [2.05, 4.69) is 11.3 Å². The minimum Gasteiger partial charge on any atom is -0.376 e. The number of sulfonamides is 1. The Bertz CT molecular complexity index is 332. The topological polar surface area (TPSA) is 55.4 Å². The number of ether oxygens (including phenoxy) is 1. The summed E-state index contributed by atoms with van der Waals surface area (Å²) in [7, 11) is -3.14. The molecule has 0 heterocycles. The molecular weight excluding hydrogens is 238 g/mol. The maximum Gasteiger partial charge on any atom is 0.214 e. The van der Waals surface area contributed by atoms with Crippen molar-refractivity contribution >= 4 is 10.0 Å². The van der Waals surface area contributed by atoms with Gasteiger partial charge in [0.2, 0.25) is 10.0 Å². The van der Waals surface area contributed by atoms with Gasteiger partial charge in [-0.3, -0.25) is 0 Å². The van der Waals surface area contributed by atoms with Crippen LogP contribution in [0.1, 0.15) is 39.0 Å². The third-order valence-electron chi connectivity index (χ3n) is 2.89. The third-order valence-corrected chi connectivity index (χ3v) is 4.84. The Morgan fingerprint density at radius 2 is 2.00 bits per heavy atom. The van der Waals surface area contributed by atoms with Gasteiger partial charge >= 0.3 is 0 Å². The Labute approximate surface area is 104 Å². The van der Waals surface area contributed by atoms with E-state index >= 15 is 0 Å². The van der Waals surface area contributed by atoms with Crippen LogP contribution in [0.4, 0.5) is 0 Å². The molecular formula is C12H23NO3S. The van der Waals surface area contributed by atoms with Gasteiger partial charge in [0.05, 0.1) is 18.5 Å². The number of rotatable bonds is 7. The van der Waals surface area contributed by atoms with Gasteiger partial charge in [0.25, 0.3) is 0 Å². The van der Waals surface area contributed by atoms with E-state index in [0.717, 1.165) is 37.7 Å². The summed E-state index contributed by atoms with van der Waals surface area (Å²) in [4.78, 5) is 0. The zero-order valence-corrected chi connectivity index (χ0v) is 11.4. The largest absolute Gasteiger partial charge is 0.376 e. The molecule has 5 heteroatoms. The van der Waals surface area contributed by atoms with Gasteiger partial charge in [0.1, 0.15) is 0 Å². The van der Waals surface area contributed by atoms with Gasteiger partial charge in [0, 0.05) is 6.54 Å². The molecule has 17 heavy (non-hydrogen) atoms. The van der Waals surface area contributed by atoms with Crippen molar-refractivity contribution < 1.29 is 13.2 Å². The van der Waals surface area contributed by atoms with E-state index in [-0.39, 0.29) is 5.25 Å². The number of nitrogens with one attached hydrogen (secondary N) is 1. The molecule has 1 rings (SSSR count). The van der Waals surface area contributed by atoms with Crippen LogP contribution in [0, 0.1) is 0 Å². The third kappa shape index (κ3) is 5.66. The molecule has 0 amide bonds. The highest BCUT2D eigenvalue weighted by atomic mass is 32.2. The van der Waals surface area contributed by atoms with Crippen LogP contribution in [0.2, 0.25) is 0 Å². The van der Waals surface area contributed by atoms with E-state index in [0.29, 0.717) is 19.8 Å². The van der Waals surface area contributed by atoms with E-state index in [1.165, 1.54) is 0 Å². The Morgan fingerprint density at radius 1 is 1.35 bits per heavy atom. The highest BCUT2D eigenvalue weighted by molar-refractivity contribution is 7.90. The van der Waals surface area contributed by atoms with Crippen molar-refractivity contribution in [1.82, 2.24) is 4.72 Å². The molecule has 0 bridgehead atoms. The summed E-state index contributed by atoms with van der Waals surface area (Å²) in [5.74, 6) is 0. The fourth-order valence-electron chi connectivity index (χ4n) is 2.00. The summed E-state index contributed by atoms with van der Waals surface area (Å²) in [5, 5.41) is -0.197. The molecule has 0 aromatic rings. The minimum atomic E-state index is -3.14. The van der Waals surface area contributed by atoms with Crippen LogP contribution in [0.15, 0.2) is 12.2 Å². The van der Waals surface area contributed by atoms with Crippen LogP contribution < -0.4 is 4.72 Å². The maximum atomic E-state index is 11.9. The fraction of sp³-hybridized carbons (Fsp3) is 0.833. The number of hydrogen-bond acceptors (Lipinski definition) is 3. The van der Waals surface area contributed by atoms with Crippen LogP contribution in [0.3, 0.4) is 0 Å². The van der Waals surface area contributed by atoms with Crippen LogP contribution in [0.25, 0.3) is 0 Å². The van der Waals surface area contributed by atoms with Crippen molar-refractivity contribution in [2.24, 2.45) is 0 Å². The van der Waals surface area contributed by atoms with Gasteiger partial charge < -0.3 is 4.74 Å². The van der Waals surface area contributed by atoms with Crippen molar-refractivity contribution in [3.05, 3.63) is 12.2 Å². The Morgan fingerprint density at radius 3 is 2.59 bits per heavy atom. The lowest BCUT2D eigenvalue weighted by Crippen LogP contribution is -2.37. The Balaban J connectivity index is 2.22. The average Bonchev–Trinajstić information content (AvgIpc) is 2.29. The molecule has 0 saturated heterocycles. The second-order valence-electron chi connectivity index (χ2n) is 4.71. The van der Waals surface area contributed by atoms with E-state index in [1.54, 1.807) is 0 Å². The molecule has 100 valence electrons. The lowest BCUT2D eigenvalue weighted by atomic mass is 10.0. The fourth-order valence-corrected chi connectivity index (χ4v) is 3.55. The Hall–Kier alpha value is -0.390. The van der Waals surface area contributed by atoms with Crippen molar-refractivity contribution in [3.63, 3.8) is 0 Å². The summed E-state index contributed by atoms with van der Waals surface area (Å²) in [6.07, 6.45) is 4.80. The summed E-state index contributed by atoms with van der Waals surface area (Å²) in [6.45, 7) is 6.84. The lowest BCUT2D eigenvalue weighted by molar-refractivity contribution is 0.162. The van der Waals surface area contributed by atoms with Crippen molar-refractivity contribution in [2.75, 3.05) is 19.8 Å². The highest BCUT2D eigenvalue weighted by Gasteiger charge is 2.26. The van der Waals surface area contributed by atoms with Gasteiger partial charge in [-0.1, -0.05) is 31.4 Å². The zero-order valence-electron chi connectivity index (χ0n) is 10.6. The van der Waals surface area contributed by atoms with Crippen LogP contribution >= 0.6 is 0 Å². The number of hydrogen-bond donors (Lipinski definition) is 1. The van der Waals surface area contributed by atoms with Gasteiger partial charge in [-0.25, -0.2) is 13.1 Å². The maximum absolute atomic E-state index is 11.9. The van der Waals surface area contributed by atoms with Crippen LogP contribution in [-0.4, -0.2) is 33.4 Å². The molecule has 0 radical (unpaired) electrons. The normalized spacial score (nSPS) is 18.2. The van der Waals surface area contributed by atoms with Crippen molar-refractivity contribution in [3.8, 4) is 0 Å². The first-order valence-electron chi connectivity index (χ1n) is 6.23. The van der Waals surface area contributed by atoms with Gasteiger partial charge in [-0.05, 0) is 19.8 Å². The summed E-state index contributed by atoms with van der Waals surface area (Å²) in [5.41, 5.74) is 0.945. The molecule has 4 nitrogen and oxygen atoms in total. The predicted molar refractivity (Wildman–Crippen MR) is 69.4 cm³/mol. The quantitative estimate of drug-likeness (QED) is 0.562. The lowest BCUT2D eigenvalue weighted by Gasteiger charge is -2.21. The first-order chi connectivity index (χ1) is 8.02. The molecule has 1 N–H and O–H groups in total. The predicted octanol–water partition coefficient (Wildman–Crippen LogP) is 1.83. The second-order valence-corrected chi connectivity index (χ2v) is 6.75. The second kappa shape index (κ2) is 7.13. The zero-order chi connectivity index (χ0) is 12.7. The summed E-state index contributed by atoms with van der Waals surface area (Å²) >= 11 is 0. The Kier molecular flexibility index (Phi) is 6.16. The summed E-state index contributed by atoms with van der Waals surface area (Å²) < 4.78 is 31.7. The van der Waals surface area contributed by atoms with Gasteiger partial charge in [-0.15, -0.1) is 0 Å². The van der Waals surface area contributed by atoms with E-state index in [4.69, 9.17) is 4.74 Å².